The number of allylic oxidation sites excluding steroid dienone is 2. The number of amides is 2. The monoisotopic (exact) mass is 321 g/mol. The lowest BCUT2D eigenvalue weighted by molar-refractivity contribution is -0.135. The smallest absolute Gasteiger partial charge is 0.234 e. The molecule has 130 valence electrons. The summed E-state index contributed by atoms with van der Waals surface area (Å²) in [4.78, 5) is 28.5. The third kappa shape index (κ3) is 4.14. The maximum absolute atomic E-state index is 12.8. The summed E-state index contributed by atoms with van der Waals surface area (Å²) in [5, 5.41) is 2.82. The summed E-state index contributed by atoms with van der Waals surface area (Å²) in [6.07, 6.45) is 2.24. The number of nitrogens with one attached hydrogen (secondary N) is 1. The van der Waals surface area contributed by atoms with E-state index in [4.69, 9.17) is 0 Å². The molecule has 2 aliphatic rings. The molecule has 0 spiro atoms. The highest BCUT2D eigenvalue weighted by Crippen LogP contribution is 2.60. The van der Waals surface area contributed by atoms with Crippen LogP contribution in [0.3, 0.4) is 0 Å². The van der Waals surface area contributed by atoms with Gasteiger partial charge in [0.1, 0.15) is 0 Å². The van der Waals surface area contributed by atoms with Crippen molar-refractivity contribution in [3.63, 3.8) is 0 Å². The molecule has 1 N–H and O–H groups in total. The van der Waals surface area contributed by atoms with E-state index in [1.165, 1.54) is 5.57 Å². The first kappa shape index (κ1) is 18.0. The zero-order valence-corrected chi connectivity index (χ0v) is 15.2. The highest BCUT2D eigenvalue weighted by molar-refractivity contribution is 5.84. The molecule has 5 heteroatoms. The Morgan fingerprint density at radius 3 is 2.30 bits per heavy atom. The Morgan fingerprint density at radius 1 is 1.17 bits per heavy atom. The van der Waals surface area contributed by atoms with Crippen LogP contribution in [0.15, 0.2) is 11.6 Å². The third-order valence-electron chi connectivity index (χ3n) is 5.11. The molecule has 0 bridgehead atoms. The molecule has 1 aliphatic heterocycles. The van der Waals surface area contributed by atoms with Crippen molar-refractivity contribution in [3.8, 4) is 0 Å². The molecule has 23 heavy (non-hydrogen) atoms. The van der Waals surface area contributed by atoms with E-state index in [9.17, 15) is 9.59 Å². The lowest BCUT2D eigenvalue weighted by Crippen LogP contribution is -2.51. The van der Waals surface area contributed by atoms with Crippen LogP contribution in [0.4, 0.5) is 0 Å². The molecule has 0 aromatic carbocycles. The number of carbonyl (C=O) groups is 2. The molecular formula is C18H31N3O2. The fourth-order valence-electron chi connectivity index (χ4n) is 3.60. The van der Waals surface area contributed by atoms with Gasteiger partial charge in [-0.2, -0.15) is 0 Å². The largest absolute Gasteiger partial charge is 0.355 e. The van der Waals surface area contributed by atoms with Crippen LogP contribution in [0.2, 0.25) is 0 Å². The van der Waals surface area contributed by atoms with E-state index in [0.717, 1.165) is 26.2 Å². The molecule has 2 atom stereocenters. The lowest BCUT2D eigenvalue weighted by Gasteiger charge is -2.34. The zero-order chi connectivity index (χ0) is 17.2. The molecule has 5 nitrogen and oxygen atoms in total. The van der Waals surface area contributed by atoms with Crippen molar-refractivity contribution in [1.29, 1.82) is 0 Å². The Balaban J connectivity index is 1.85. The summed E-state index contributed by atoms with van der Waals surface area (Å²) in [7, 11) is 0. The zero-order valence-electron chi connectivity index (χ0n) is 15.2. The van der Waals surface area contributed by atoms with E-state index in [0.29, 0.717) is 19.0 Å². The van der Waals surface area contributed by atoms with E-state index < -0.39 is 0 Å². The normalized spacial score (nSPS) is 26.6. The van der Waals surface area contributed by atoms with Crippen molar-refractivity contribution in [2.45, 2.75) is 34.6 Å². The molecular weight excluding hydrogens is 290 g/mol. The summed E-state index contributed by atoms with van der Waals surface area (Å²) in [5.74, 6) is 0.843. The van der Waals surface area contributed by atoms with Gasteiger partial charge in [0.15, 0.2) is 0 Å². The summed E-state index contributed by atoms with van der Waals surface area (Å²) < 4.78 is 0. The van der Waals surface area contributed by atoms with E-state index in [1.54, 1.807) is 0 Å². The molecule has 2 fully saturated rings. The van der Waals surface area contributed by atoms with Crippen LogP contribution in [0.5, 0.6) is 0 Å². The second-order valence-electron chi connectivity index (χ2n) is 7.62. The fraction of sp³-hybridized carbons (Fsp3) is 0.778. The average Bonchev–Trinajstić information content (AvgIpc) is 2.99. The Morgan fingerprint density at radius 2 is 1.78 bits per heavy atom. The Bertz CT molecular complexity index is 486. The fourth-order valence-corrected chi connectivity index (χ4v) is 3.60. The number of likely N-dealkylation sites (N-methyl/N-ethyl adjacent to an activating group) is 1. The number of hydrogen-bond donors (Lipinski definition) is 1. The van der Waals surface area contributed by atoms with Gasteiger partial charge < -0.3 is 10.2 Å². The highest BCUT2D eigenvalue weighted by atomic mass is 16.2. The Kier molecular flexibility index (Phi) is 5.50. The van der Waals surface area contributed by atoms with Gasteiger partial charge in [0.25, 0.3) is 0 Å². The highest BCUT2D eigenvalue weighted by Gasteiger charge is 2.61. The Labute approximate surface area is 140 Å². The molecule has 1 heterocycles. The van der Waals surface area contributed by atoms with Crippen molar-refractivity contribution >= 4 is 11.8 Å². The quantitative estimate of drug-likeness (QED) is 0.781. The molecule has 1 saturated heterocycles. The first-order valence-corrected chi connectivity index (χ1v) is 8.70. The molecule has 2 amide bonds. The number of piperazine rings is 1. The number of hydrogen-bond acceptors (Lipinski definition) is 3. The van der Waals surface area contributed by atoms with Gasteiger partial charge in [0, 0.05) is 32.7 Å². The standard InChI is InChI=1S/C18H31N3O2/c1-6-19-15(22)12-20-7-9-21(10-8-20)17(23)16-14(11-13(2)3)18(16,4)5/h11,14,16H,6-10,12H2,1-5H3,(H,19,22). The summed E-state index contributed by atoms with van der Waals surface area (Å²) in [6, 6.07) is 0. The summed E-state index contributed by atoms with van der Waals surface area (Å²) >= 11 is 0. The van der Waals surface area contributed by atoms with E-state index in [1.807, 2.05) is 11.8 Å². The lowest BCUT2D eigenvalue weighted by atomic mass is 10.1. The van der Waals surface area contributed by atoms with Crippen molar-refractivity contribution in [2.75, 3.05) is 39.3 Å². The average molecular weight is 321 g/mol. The van der Waals surface area contributed by atoms with Crippen LogP contribution < -0.4 is 5.32 Å². The van der Waals surface area contributed by atoms with Crippen LogP contribution in [0.1, 0.15) is 34.6 Å². The van der Waals surface area contributed by atoms with Gasteiger partial charge in [-0.1, -0.05) is 25.5 Å². The summed E-state index contributed by atoms with van der Waals surface area (Å²) in [6.45, 7) is 14.6. The third-order valence-corrected chi connectivity index (χ3v) is 5.11. The minimum absolute atomic E-state index is 0.0687. The topological polar surface area (TPSA) is 52.7 Å². The minimum Gasteiger partial charge on any atom is -0.355 e. The number of rotatable bonds is 5. The van der Waals surface area contributed by atoms with Crippen molar-refractivity contribution in [1.82, 2.24) is 15.1 Å². The van der Waals surface area contributed by atoms with Gasteiger partial charge >= 0.3 is 0 Å². The second kappa shape index (κ2) is 7.04. The molecule has 0 radical (unpaired) electrons. The summed E-state index contributed by atoms with van der Waals surface area (Å²) in [5.41, 5.74) is 1.36. The number of nitrogens with zero attached hydrogens (tertiary/aromatic N) is 2. The van der Waals surface area contributed by atoms with Gasteiger partial charge in [0.05, 0.1) is 12.5 Å². The van der Waals surface area contributed by atoms with Gasteiger partial charge in [-0.25, -0.2) is 0 Å². The Hall–Kier alpha value is -1.36. The van der Waals surface area contributed by atoms with E-state index in [-0.39, 0.29) is 23.1 Å². The molecule has 2 rings (SSSR count). The first-order chi connectivity index (χ1) is 10.8. The second-order valence-corrected chi connectivity index (χ2v) is 7.62. The molecule has 1 aliphatic carbocycles. The number of carbonyl (C=O) groups excluding carboxylic acids is 2. The van der Waals surface area contributed by atoms with Gasteiger partial charge in [-0.05, 0) is 32.1 Å². The van der Waals surface area contributed by atoms with Gasteiger partial charge in [-0.3, -0.25) is 14.5 Å². The molecule has 2 unspecified atom stereocenters. The van der Waals surface area contributed by atoms with Crippen LogP contribution >= 0.6 is 0 Å². The first-order valence-electron chi connectivity index (χ1n) is 8.70. The molecule has 0 aromatic heterocycles. The predicted molar refractivity (Wildman–Crippen MR) is 91.9 cm³/mol. The van der Waals surface area contributed by atoms with Crippen molar-refractivity contribution in [3.05, 3.63) is 11.6 Å². The van der Waals surface area contributed by atoms with Crippen LogP contribution in [-0.4, -0.2) is 60.9 Å². The van der Waals surface area contributed by atoms with Crippen LogP contribution in [0, 0.1) is 17.3 Å². The van der Waals surface area contributed by atoms with E-state index in [2.05, 4.69) is 44.0 Å². The van der Waals surface area contributed by atoms with Crippen molar-refractivity contribution < 1.29 is 9.59 Å². The molecule has 0 aromatic rings. The minimum atomic E-state index is 0.0687. The SMILES string of the molecule is CCNC(=O)CN1CCN(C(=O)C2C(C=C(C)C)C2(C)C)CC1. The molecule has 1 saturated carbocycles. The maximum atomic E-state index is 12.8. The van der Waals surface area contributed by atoms with Crippen LogP contribution in [-0.2, 0) is 9.59 Å². The van der Waals surface area contributed by atoms with Gasteiger partial charge in [0.2, 0.25) is 11.8 Å². The van der Waals surface area contributed by atoms with Crippen molar-refractivity contribution in [2.24, 2.45) is 17.3 Å². The predicted octanol–water partition coefficient (Wildman–Crippen LogP) is 1.51. The van der Waals surface area contributed by atoms with Gasteiger partial charge in [-0.15, -0.1) is 0 Å². The maximum Gasteiger partial charge on any atom is 0.234 e. The van der Waals surface area contributed by atoms with Crippen LogP contribution in [0.25, 0.3) is 0 Å². The van der Waals surface area contributed by atoms with E-state index >= 15 is 0 Å².